The Balaban J connectivity index is 1.66. The summed E-state index contributed by atoms with van der Waals surface area (Å²) in [5, 5.41) is 12.7. The van der Waals surface area contributed by atoms with Gasteiger partial charge in [0.05, 0.1) is 11.6 Å². The average molecular weight is 291 g/mol. The minimum absolute atomic E-state index is 0.185. The van der Waals surface area contributed by atoms with Crippen LogP contribution in [0.1, 0.15) is 17.0 Å². The lowest BCUT2D eigenvalue weighted by atomic mass is 10.1. The van der Waals surface area contributed by atoms with Crippen LogP contribution in [0.2, 0.25) is 0 Å². The number of nitriles is 1. The third-order valence-electron chi connectivity index (χ3n) is 3.12. The minimum atomic E-state index is 0.185. The standard InChI is InChI=1S/C17H13N3O2/c1-12-2-6-14(7-3-12)17-19-16(22-20-17)11-21-15-8-4-13(10-18)5-9-15/h2-9H,11H2,1H3. The molecule has 0 atom stereocenters. The average Bonchev–Trinajstić information content (AvgIpc) is 3.03. The van der Waals surface area contributed by atoms with E-state index in [1.54, 1.807) is 24.3 Å². The minimum Gasteiger partial charge on any atom is -0.484 e. The maximum absolute atomic E-state index is 8.74. The molecular formula is C17H13N3O2. The molecule has 0 aliphatic rings. The quantitative estimate of drug-likeness (QED) is 0.735. The molecule has 2 aromatic carbocycles. The predicted octanol–water partition coefficient (Wildman–Crippen LogP) is 3.50. The molecule has 0 aliphatic heterocycles. The molecule has 0 radical (unpaired) electrons. The maximum Gasteiger partial charge on any atom is 0.264 e. The number of hydrogen-bond acceptors (Lipinski definition) is 5. The fourth-order valence-electron chi connectivity index (χ4n) is 1.90. The smallest absolute Gasteiger partial charge is 0.264 e. The van der Waals surface area contributed by atoms with Crippen molar-refractivity contribution >= 4 is 0 Å². The largest absolute Gasteiger partial charge is 0.484 e. The zero-order chi connectivity index (χ0) is 15.4. The summed E-state index contributed by atoms with van der Waals surface area (Å²) >= 11 is 0. The molecule has 5 heteroatoms. The van der Waals surface area contributed by atoms with Crippen molar-refractivity contribution in [2.45, 2.75) is 13.5 Å². The van der Waals surface area contributed by atoms with Gasteiger partial charge in [-0.25, -0.2) is 0 Å². The first kappa shape index (κ1) is 13.8. The molecule has 0 fully saturated rings. The van der Waals surface area contributed by atoms with Crippen LogP contribution in [0, 0.1) is 18.3 Å². The maximum atomic E-state index is 8.74. The molecule has 0 saturated heterocycles. The number of benzene rings is 2. The normalized spacial score (nSPS) is 10.2. The lowest BCUT2D eigenvalue weighted by molar-refractivity contribution is 0.243. The summed E-state index contributed by atoms with van der Waals surface area (Å²) < 4.78 is 10.7. The lowest BCUT2D eigenvalue weighted by Crippen LogP contribution is -1.95. The highest BCUT2D eigenvalue weighted by Crippen LogP contribution is 2.18. The Bertz CT molecular complexity index is 799. The van der Waals surface area contributed by atoms with E-state index >= 15 is 0 Å². The van der Waals surface area contributed by atoms with E-state index < -0.39 is 0 Å². The number of rotatable bonds is 4. The van der Waals surface area contributed by atoms with E-state index in [0.717, 1.165) is 5.56 Å². The second-order valence-corrected chi connectivity index (χ2v) is 4.80. The van der Waals surface area contributed by atoms with Gasteiger partial charge in [-0.1, -0.05) is 35.0 Å². The first-order chi connectivity index (χ1) is 10.7. The fourth-order valence-corrected chi connectivity index (χ4v) is 1.90. The summed E-state index contributed by atoms with van der Waals surface area (Å²) in [6, 6.07) is 16.8. The van der Waals surface area contributed by atoms with E-state index in [1.165, 1.54) is 5.56 Å². The summed E-state index contributed by atoms with van der Waals surface area (Å²) in [4.78, 5) is 4.30. The number of aromatic nitrogens is 2. The molecule has 0 N–H and O–H groups in total. The van der Waals surface area contributed by atoms with Gasteiger partial charge < -0.3 is 9.26 Å². The molecule has 0 amide bonds. The zero-order valence-corrected chi connectivity index (χ0v) is 12.0. The van der Waals surface area contributed by atoms with E-state index in [-0.39, 0.29) is 6.61 Å². The van der Waals surface area contributed by atoms with Gasteiger partial charge in [-0.3, -0.25) is 0 Å². The highest BCUT2D eigenvalue weighted by Gasteiger charge is 2.09. The number of nitrogens with zero attached hydrogens (tertiary/aromatic N) is 3. The van der Waals surface area contributed by atoms with Crippen molar-refractivity contribution in [3.05, 3.63) is 65.5 Å². The Labute approximate surface area is 127 Å². The third-order valence-corrected chi connectivity index (χ3v) is 3.12. The monoisotopic (exact) mass is 291 g/mol. The molecule has 0 aliphatic carbocycles. The lowest BCUT2D eigenvalue weighted by Gasteiger charge is -2.02. The zero-order valence-electron chi connectivity index (χ0n) is 12.0. The first-order valence-corrected chi connectivity index (χ1v) is 6.77. The number of aryl methyl sites for hydroxylation is 1. The molecule has 1 heterocycles. The van der Waals surface area contributed by atoms with E-state index in [0.29, 0.717) is 23.0 Å². The SMILES string of the molecule is Cc1ccc(-c2noc(COc3ccc(C#N)cc3)n2)cc1. The molecule has 22 heavy (non-hydrogen) atoms. The van der Waals surface area contributed by atoms with Crippen LogP contribution in [0.15, 0.2) is 53.1 Å². The topological polar surface area (TPSA) is 71.9 Å². The second-order valence-electron chi connectivity index (χ2n) is 4.80. The summed E-state index contributed by atoms with van der Waals surface area (Å²) in [6.07, 6.45) is 0. The Kier molecular flexibility index (Phi) is 3.84. The molecule has 1 aromatic heterocycles. The van der Waals surface area contributed by atoms with Crippen LogP contribution in [0.5, 0.6) is 5.75 Å². The predicted molar refractivity (Wildman–Crippen MR) is 80.0 cm³/mol. The Morgan fingerprint density at radius 1 is 1.09 bits per heavy atom. The Morgan fingerprint density at radius 3 is 2.50 bits per heavy atom. The highest BCUT2D eigenvalue weighted by molar-refractivity contribution is 5.54. The van der Waals surface area contributed by atoms with Gasteiger partial charge in [-0.2, -0.15) is 10.2 Å². The highest BCUT2D eigenvalue weighted by atomic mass is 16.5. The Morgan fingerprint density at radius 2 is 1.82 bits per heavy atom. The fraction of sp³-hybridized carbons (Fsp3) is 0.118. The van der Waals surface area contributed by atoms with Crippen LogP contribution in [0.25, 0.3) is 11.4 Å². The van der Waals surface area contributed by atoms with Crippen molar-refractivity contribution < 1.29 is 9.26 Å². The van der Waals surface area contributed by atoms with Crippen molar-refractivity contribution in [2.24, 2.45) is 0 Å². The van der Waals surface area contributed by atoms with Crippen molar-refractivity contribution in [3.8, 4) is 23.2 Å². The van der Waals surface area contributed by atoms with Crippen LogP contribution in [0.3, 0.4) is 0 Å². The van der Waals surface area contributed by atoms with Gasteiger partial charge in [-0.05, 0) is 31.2 Å². The van der Waals surface area contributed by atoms with Gasteiger partial charge in [0.1, 0.15) is 5.75 Å². The number of hydrogen-bond donors (Lipinski definition) is 0. The van der Waals surface area contributed by atoms with E-state index in [1.807, 2.05) is 31.2 Å². The molecule has 5 nitrogen and oxygen atoms in total. The van der Waals surface area contributed by atoms with Crippen LogP contribution < -0.4 is 4.74 Å². The van der Waals surface area contributed by atoms with Crippen molar-refractivity contribution in [2.75, 3.05) is 0 Å². The van der Waals surface area contributed by atoms with Crippen molar-refractivity contribution in [1.29, 1.82) is 5.26 Å². The van der Waals surface area contributed by atoms with Crippen molar-refractivity contribution in [1.82, 2.24) is 10.1 Å². The van der Waals surface area contributed by atoms with Crippen LogP contribution in [-0.2, 0) is 6.61 Å². The van der Waals surface area contributed by atoms with Crippen molar-refractivity contribution in [3.63, 3.8) is 0 Å². The molecular weight excluding hydrogens is 278 g/mol. The van der Waals surface area contributed by atoms with Crippen LogP contribution in [0.4, 0.5) is 0 Å². The Hall–Kier alpha value is -3.13. The summed E-state index contributed by atoms with van der Waals surface area (Å²) in [5.74, 6) is 1.59. The van der Waals surface area contributed by atoms with Gasteiger partial charge in [0, 0.05) is 5.56 Å². The number of ether oxygens (including phenoxy) is 1. The first-order valence-electron chi connectivity index (χ1n) is 6.77. The summed E-state index contributed by atoms with van der Waals surface area (Å²) in [7, 11) is 0. The molecule has 3 rings (SSSR count). The van der Waals surface area contributed by atoms with Gasteiger partial charge in [0.2, 0.25) is 5.82 Å². The van der Waals surface area contributed by atoms with Crippen LogP contribution in [-0.4, -0.2) is 10.1 Å². The van der Waals surface area contributed by atoms with Gasteiger partial charge in [-0.15, -0.1) is 0 Å². The van der Waals surface area contributed by atoms with Crippen LogP contribution >= 0.6 is 0 Å². The molecule has 108 valence electrons. The molecule has 0 unspecified atom stereocenters. The molecule has 3 aromatic rings. The second kappa shape index (κ2) is 6.10. The van der Waals surface area contributed by atoms with E-state index in [2.05, 4.69) is 16.2 Å². The van der Waals surface area contributed by atoms with Gasteiger partial charge in [0.15, 0.2) is 6.61 Å². The van der Waals surface area contributed by atoms with E-state index in [4.69, 9.17) is 14.5 Å². The third kappa shape index (κ3) is 3.13. The molecule has 0 bridgehead atoms. The van der Waals surface area contributed by atoms with E-state index in [9.17, 15) is 0 Å². The molecule has 0 saturated carbocycles. The van der Waals surface area contributed by atoms with Gasteiger partial charge in [0.25, 0.3) is 5.89 Å². The summed E-state index contributed by atoms with van der Waals surface area (Å²) in [5.41, 5.74) is 2.67. The molecule has 0 spiro atoms. The van der Waals surface area contributed by atoms with Gasteiger partial charge >= 0.3 is 0 Å². The summed E-state index contributed by atoms with van der Waals surface area (Å²) in [6.45, 7) is 2.21.